The van der Waals surface area contributed by atoms with Crippen molar-refractivity contribution in [3.63, 3.8) is 0 Å². The van der Waals surface area contributed by atoms with Gasteiger partial charge in [-0.3, -0.25) is 0 Å². The number of anilines is 1. The second-order valence-corrected chi connectivity index (χ2v) is 5.90. The fraction of sp³-hybridized carbons (Fsp3) is 0.105. The summed E-state index contributed by atoms with van der Waals surface area (Å²) < 4.78 is 0. The van der Waals surface area contributed by atoms with E-state index >= 15 is 0 Å². The molecule has 0 aliphatic carbocycles. The third-order valence-corrected chi connectivity index (χ3v) is 4.59. The van der Waals surface area contributed by atoms with Crippen LogP contribution in [0.3, 0.4) is 0 Å². The highest BCUT2D eigenvalue weighted by molar-refractivity contribution is 7.81. The third-order valence-electron chi connectivity index (χ3n) is 4.15. The smallest absolute Gasteiger partial charge is 0.114 e. The second kappa shape index (κ2) is 4.68. The minimum absolute atomic E-state index is 0.828. The number of thiocarbonyl (C=S) groups is 1. The fourth-order valence-electron chi connectivity index (χ4n) is 3.15. The number of hydrogen-bond donors (Lipinski definition) is 0. The lowest BCUT2D eigenvalue weighted by Gasteiger charge is -2.21. The molecule has 0 N–H and O–H groups in total. The molecule has 21 heavy (non-hydrogen) atoms. The molecule has 2 heteroatoms. The van der Waals surface area contributed by atoms with Crippen molar-refractivity contribution in [3.05, 3.63) is 77.4 Å². The van der Waals surface area contributed by atoms with Crippen molar-refractivity contribution >= 4 is 33.7 Å². The number of hydrogen-bond acceptors (Lipinski definition) is 1. The van der Waals surface area contributed by atoms with Gasteiger partial charge in [0.25, 0.3) is 0 Å². The number of nitrogens with zero attached hydrogens (tertiary/aromatic N) is 1. The first kappa shape index (κ1) is 12.5. The highest BCUT2D eigenvalue weighted by Crippen LogP contribution is 2.40. The zero-order valence-corrected chi connectivity index (χ0v) is 12.7. The van der Waals surface area contributed by atoms with E-state index in [2.05, 4.69) is 66.4 Å². The van der Waals surface area contributed by atoms with Crippen LogP contribution in [0.15, 0.2) is 60.7 Å². The lowest BCUT2D eigenvalue weighted by Crippen LogP contribution is -2.25. The normalized spacial score (nSPS) is 13.2. The topological polar surface area (TPSA) is 3.24 Å². The Balaban J connectivity index is 1.90. The van der Waals surface area contributed by atoms with Crippen molar-refractivity contribution in [3.8, 4) is 0 Å². The van der Waals surface area contributed by atoms with Gasteiger partial charge in [-0.2, -0.15) is 0 Å². The first-order valence-electron chi connectivity index (χ1n) is 7.14. The first-order chi connectivity index (χ1) is 10.3. The zero-order valence-electron chi connectivity index (χ0n) is 11.8. The highest BCUT2D eigenvalue weighted by atomic mass is 32.1. The Morgan fingerprint density at radius 2 is 1.71 bits per heavy atom. The van der Waals surface area contributed by atoms with E-state index in [0.717, 1.165) is 11.5 Å². The van der Waals surface area contributed by atoms with Gasteiger partial charge in [-0.25, -0.2) is 0 Å². The Labute approximate surface area is 129 Å². The van der Waals surface area contributed by atoms with Gasteiger partial charge >= 0.3 is 0 Å². The van der Waals surface area contributed by atoms with Crippen LogP contribution in [0.2, 0.25) is 0 Å². The van der Waals surface area contributed by atoms with Gasteiger partial charge in [0.15, 0.2) is 0 Å². The van der Waals surface area contributed by atoms with Crippen molar-refractivity contribution in [2.24, 2.45) is 0 Å². The summed E-state index contributed by atoms with van der Waals surface area (Å²) in [5.41, 5.74) is 5.03. The molecular formula is C19H15NS. The molecule has 0 radical (unpaired) electrons. The highest BCUT2D eigenvalue weighted by Gasteiger charge is 2.27. The van der Waals surface area contributed by atoms with Crippen LogP contribution in [0.5, 0.6) is 0 Å². The standard InChI is InChI=1S/C19H15NS/c1-13-10-11-15-8-5-9-16-17(15)18(13)20(19(16)21)12-14-6-3-2-4-7-14/h2-11H,12H2,1H3. The summed E-state index contributed by atoms with van der Waals surface area (Å²) >= 11 is 5.74. The van der Waals surface area contributed by atoms with Gasteiger partial charge in [0.2, 0.25) is 0 Å². The Morgan fingerprint density at radius 3 is 2.52 bits per heavy atom. The van der Waals surface area contributed by atoms with E-state index in [4.69, 9.17) is 12.2 Å². The second-order valence-electron chi connectivity index (χ2n) is 5.51. The molecule has 1 aliphatic rings. The van der Waals surface area contributed by atoms with Crippen molar-refractivity contribution in [1.82, 2.24) is 0 Å². The summed E-state index contributed by atoms with van der Waals surface area (Å²) in [7, 11) is 0. The van der Waals surface area contributed by atoms with Gasteiger partial charge in [-0.05, 0) is 23.4 Å². The molecule has 3 aromatic rings. The van der Waals surface area contributed by atoms with Crippen molar-refractivity contribution in [2.75, 3.05) is 4.90 Å². The maximum atomic E-state index is 5.74. The maximum absolute atomic E-state index is 5.74. The minimum Gasteiger partial charge on any atom is -0.327 e. The minimum atomic E-state index is 0.828. The van der Waals surface area contributed by atoms with E-state index < -0.39 is 0 Å². The lowest BCUT2D eigenvalue weighted by molar-refractivity contribution is 1.02. The lowest BCUT2D eigenvalue weighted by atomic mass is 10.0. The molecule has 1 heterocycles. The van der Waals surface area contributed by atoms with Crippen LogP contribution in [0.25, 0.3) is 10.8 Å². The SMILES string of the molecule is Cc1ccc2cccc3c2c1N(Cc1ccccc1)C3=S. The Bertz CT molecular complexity index is 852. The molecule has 4 rings (SSSR count). The predicted octanol–water partition coefficient (Wildman–Crippen LogP) is 4.84. The average molecular weight is 289 g/mol. The number of rotatable bonds is 2. The monoisotopic (exact) mass is 289 g/mol. The maximum Gasteiger partial charge on any atom is 0.114 e. The predicted molar refractivity (Wildman–Crippen MR) is 93.0 cm³/mol. The van der Waals surface area contributed by atoms with E-state index in [-0.39, 0.29) is 0 Å². The number of aryl methyl sites for hydroxylation is 1. The molecule has 0 fully saturated rings. The van der Waals surface area contributed by atoms with Gasteiger partial charge in [0.1, 0.15) is 4.99 Å². The van der Waals surface area contributed by atoms with Crippen LogP contribution >= 0.6 is 12.2 Å². The van der Waals surface area contributed by atoms with E-state index in [0.29, 0.717) is 0 Å². The molecule has 1 nitrogen and oxygen atoms in total. The van der Waals surface area contributed by atoms with Gasteiger partial charge in [0, 0.05) is 17.5 Å². The van der Waals surface area contributed by atoms with Gasteiger partial charge in [0.05, 0.1) is 5.69 Å². The Kier molecular flexibility index (Phi) is 2.79. The Morgan fingerprint density at radius 1 is 0.905 bits per heavy atom. The Hall–Kier alpha value is -2.19. The average Bonchev–Trinajstić information content (AvgIpc) is 2.80. The largest absolute Gasteiger partial charge is 0.327 e. The fourth-order valence-corrected chi connectivity index (χ4v) is 3.48. The van der Waals surface area contributed by atoms with Gasteiger partial charge in [-0.1, -0.05) is 72.9 Å². The molecule has 0 saturated heterocycles. The molecule has 0 aromatic heterocycles. The van der Waals surface area contributed by atoms with Crippen LogP contribution in [-0.4, -0.2) is 4.99 Å². The molecule has 3 aromatic carbocycles. The van der Waals surface area contributed by atoms with Crippen molar-refractivity contribution in [1.29, 1.82) is 0 Å². The van der Waals surface area contributed by atoms with Gasteiger partial charge < -0.3 is 4.90 Å². The summed E-state index contributed by atoms with van der Waals surface area (Å²) in [5, 5.41) is 2.57. The quantitative estimate of drug-likeness (QED) is 0.621. The summed E-state index contributed by atoms with van der Waals surface area (Å²) in [4.78, 5) is 3.21. The molecule has 0 amide bonds. The molecule has 1 aliphatic heterocycles. The van der Waals surface area contributed by atoms with Crippen LogP contribution in [0, 0.1) is 6.92 Å². The van der Waals surface area contributed by atoms with E-state index in [1.54, 1.807) is 0 Å². The molecule has 0 saturated carbocycles. The zero-order chi connectivity index (χ0) is 14.4. The molecule has 0 spiro atoms. The van der Waals surface area contributed by atoms with Crippen LogP contribution in [-0.2, 0) is 6.54 Å². The summed E-state index contributed by atoms with van der Waals surface area (Å²) in [6.07, 6.45) is 0. The molecule has 102 valence electrons. The van der Waals surface area contributed by atoms with E-state index in [1.807, 2.05) is 6.07 Å². The van der Waals surface area contributed by atoms with E-state index in [1.165, 1.54) is 33.2 Å². The summed E-state index contributed by atoms with van der Waals surface area (Å²) in [6.45, 7) is 2.99. The number of benzene rings is 3. The van der Waals surface area contributed by atoms with Crippen LogP contribution in [0.1, 0.15) is 16.7 Å². The van der Waals surface area contributed by atoms with Crippen molar-refractivity contribution in [2.45, 2.75) is 13.5 Å². The third kappa shape index (κ3) is 1.87. The van der Waals surface area contributed by atoms with Crippen molar-refractivity contribution < 1.29 is 0 Å². The first-order valence-corrected chi connectivity index (χ1v) is 7.54. The molecule has 0 atom stereocenters. The van der Waals surface area contributed by atoms with Crippen LogP contribution in [0.4, 0.5) is 5.69 Å². The molecular weight excluding hydrogens is 274 g/mol. The van der Waals surface area contributed by atoms with Crippen LogP contribution < -0.4 is 4.90 Å². The van der Waals surface area contributed by atoms with Gasteiger partial charge in [-0.15, -0.1) is 0 Å². The van der Waals surface area contributed by atoms with E-state index in [9.17, 15) is 0 Å². The summed E-state index contributed by atoms with van der Waals surface area (Å²) in [6, 6.07) is 21.3. The molecule has 0 bridgehead atoms. The summed E-state index contributed by atoms with van der Waals surface area (Å²) in [5.74, 6) is 0. The molecule has 0 unspecified atom stereocenters.